The SMILES string of the molecule is Cc1ccc(C2NC(=O)c3ccccc3N2C)o1. The molecule has 0 saturated carbocycles. The van der Waals surface area contributed by atoms with Crippen LogP contribution in [0.4, 0.5) is 5.69 Å². The number of hydrogen-bond donors (Lipinski definition) is 1. The van der Waals surface area contributed by atoms with Gasteiger partial charge in [0.25, 0.3) is 5.91 Å². The molecule has 1 amide bonds. The number of rotatable bonds is 1. The van der Waals surface area contributed by atoms with Crippen LogP contribution in [0.3, 0.4) is 0 Å². The number of anilines is 1. The Balaban J connectivity index is 2.04. The van der Waals surface area contributed by atoms with Gasteiger partial charge in [-0.15, -0.1) is 0 Å². The van der Waals surface area contributed by atoms with Gasteiger partial charge < -0.3 is 14.6 Å². The van der Waals surface area contributed by atoms with Crippen LogP contribution in [0.1, 0.15) is 28.0 Å². The Hall–Kier alpha value is -2.23. The number of nitrogens with one attached hydrogen (secondary N) is 1. The number of furan rings is 1. The molecule has 4 heteroatoms. The summed E-state index contributed by atoms with van der Waals surface area (Å²) in [5.41, 5.74) is 1.61. The topological polar surface area (TPSA) is 45.5 Å². The van der Waals surface area contributed by atoms with Gasteiger partial charge in [-0.2, -0.15) is 0 Å². The third-order valence-electron chi connectivity index (χ3n) is 3.21. The van der Waals surface area contributed by atoms with Crippen LogP contribution in [0.25, 0.3) is 0 Å². The van der Waals surface area contributed by atoms with Crippen molar-refractivity contribution in [2.75, 3.05) is 11.9 Å². The smallest absolute Gasteiger partial charge is 0.255 e. The van der Waals surface area contributed by atoms with E-state index in [1.54, 1.807) is 0 Å². The van der Waals surface area contributed by atoms with Crippen molar-refractivity contribution in [2.45, 2.75) is 13.1 Å². The summed E-state index contributed by atoms with van der Waals surface area (Å²) in [6.07, 6.45) is -0.249. The lowest BCUT2D eigenvalue weighted by molar-refractivity contribution is 0.0922. The molecule has 0 aliphatic carbocycles. The highest BCUT2D eigenvalue weighted by Crippen LogP contribution is 2.31. The summed E-state index contributed by atoms with van der Waals surface area (Å²) in [5.74, 6) is 1.52. The van der Waals surface area contributed by atoms with Gasteiger partial charge >= 0.3 is 0 Å². The van der Waals surface area contributed by atoms with Crippen LogP contribution in [-0.2, 0) is 0 Å². The van der Waals surface area contributed by atoms with Gasteiger partial charge in [0, 0.05) is 7.05 Å². The molecule has 0 bridgehead atoms. The first kappa shape index (κ1) is 10.9. The number of nitrogens with zero attached hydrogens (tertiary/aromatic N) is 1. The molecule has 3 rings (SSSR count). The Labute approximate surface area is 105 Å². The summed E-state index contributed by atoms with van der Waals surface area (Å²) in [6, 6.07) is 11.4. The molecule has 2 heterocycles. The lowest BCUT2D eigenvalue weighted by Crippen LogP contribution is -2.44. The number of amides is 1. The highest BCUT2D eigenvalue weighted by Gasteiger charge is 2.30. The fourth-order valence-corrected chi connectivity index (χ4v) is 2.27. The molecule has 0 saturated heterocycles. The normalized spacial score (nSPS) is 18.4. The van der Waals surface area contributed by atoms with E-state index in [1.165, 1.54) is 0 Å². The van der Waals surface area contributed by atoms with E-state index < -0.39 is 0 Å². The van der Waals surface area contributed by atoms with Gasteiger partial charge in [-0.3, -0.25) is 4.79 Å². The number of carbonyl (C=O) groups excluding carboxylic acids is 1. The van der Waals surface area contributed by atoms with Crippen molar-refractivity contribution in [1.82, 2.24) is 5.32 Å². The minimum atomic E-state index is -0.249. The Bertz CT molecular complexity index is 603. The Morgan fingerprint density at radius 1 is 1.22 bits per heavy atom. The van der Waals surface area contributed by atoms with Crippen molar-refractivity contribution in [2.24, 2.45) is 0 Å². The molecule has 1 aliphatic rings. The maximum absolute atomic E-state index is 12.0. The number of para-hydroxylation sites is 1. The van der Waals surface area contributed by atoms with Crippen LogP contribution < -0.4 is 10.2 Å². The molecule has 18 heavy (non-hydrogen) atoms. The van der Waals surface area contributed by atoms with E-state index in [4.69, 9.17) is 4.42 Å². The van der Waals surface area contributed by atoms with Crippen LogP contribution in [0.5, 0.6) is 0 Å². The van der Waals surface area contributed by atoms with Gasteiger partial charge in [0.15, 0.2) is 6.17 Å². The Morgan fingerprint density at radius 3 is 2.72 bits per heavy atom. The summed E-state index contributed by atoms with van der Waals surface area (Å²) in [6.45, 7) is 1.89. The van der Waals surface area contributed by atoms with Gasteiger partial charge in [0.1, 0.15) is 11.5 Å². The highest BCUT2D eigenvalue weighted by molar-refractivity contribution is 6.01. The molecular weight excluding hydrogens is 228 g/mol. The number of hydrogen-bond acceptors (Lipinski definition) is 3. The number of aryl methyl sites for hydroxylation is 1. The summed E-state index contributed by atoms with van der Waals surface area (Å²) in [4.78, 5) is 14.1. The van der Waals surface area contributed by atoms with Crippen molar-refractivity contribution in [3.8, 4) is 0 Å². The molecule has 1 unspecified atom stereocenters. The van der Waals surface area contributed by atoms with E-state index in [9.17, 15) is 4.79 Å². The lowest BCUT2D eigenvalue weighted by atomic mass is 10.1. The predicted molar refractivity (Wildman–Crippen MR) is 68.5 cm³/mol. The maximum atomic E-state index is 12.0. The minimum Gasteiger partial charge on any atom is -0.462 e. The Kier molecular flexibility index (Phi) is 2.37. The number of carbonyl (C=O) groups is 1. The van der Waals surface area contributed by atoms with E-state index in [1.807, 2.05) is 55.3 Å². The van der Waals surface area contributed by atoms with Gasteiger partial charge in [-0.1, -0.05) is 12.1 Å². The first-order valence-electron chi connectivity index (χ1n) is 5.86. The standard InChI is InChI=1S/C14H14N2O2/c1-9-7-8-12(18-9)13-15-14(17)10-5-3-4-6-11(10)16(13)2/h3-8,13H,1-2H3,(H,15,17). The summed E-state index contributed by atoms with van der Waals surface area (Å²) >= 11 is 0. The largest absolute Gasteiger partial charge is 0.462 e. The zero-order valence-electron chi connectivity index (χ0n) is 10.3. The van der Waals surface area contributed by atoms with Crippen LogP contribution >= 0.6 is 0 Å². The van der Waals surface area contributed by atoms with E-state index in [0.29, 0.717) is 5.56 Å². The molecule has 92 valence electrons. The molecule has 1 aromatic heterocycles. The number of fused-ring (bicyclic) bond motifs is 1. The van der Waals surface area contributed by atoms with Gasteiger partial charge in [-0.25, -0.2) is 0 Å². The second kappa shape index (κ2) is 3.91. The average Bonchev–Trinajstić information content (AvgIpc) is 2.80. The van der Waals surface area contributed by atoms with Gasteiger partial charge in [0.2, 0.25) is 0 Å². The molecule has 1 N–H and O–H groups in total. The lowest BCUT2D eigenvalue weighted by Gasteiger charge is -2.34. The van der Waals surface area contributed by atoms with Crippen molar-refractivity contribution in [3.63, 3.8) is 0 Å². The molecule has 1 atom stereocenters. The zero-order chi connectivity index (χ0) is 12.7. The second-order valence-corrected chi connectivity index (χ2v) is 4.45. The van der Waals surface area contributed by atoms with Crippen LogP contribution in [0.2, 0.25) is 0 Å². The van der Waals surface area contributed by atoms with Crippen molar-refractivity contribution >= 4 is 11.6 Å². The molecular formula is C14H14N2O2. The van der Waals surface area contributed by atoms with E-state index >= 15 is 0 Å². The maximum Gasteiger partial charge on any atom is 0.255 e. The van der Waals surface area contributed by atoms with E-state index in [-0.39, 0.29) is 12.1 Å². The molecule has 2 aromatic rings. The number of benzene rings is 1. The van der Waals surface area contributed by atoms with Crippen molar-refractivity contribution in [3.05, 3.63) is 53.5 Å². The molecule has 4 nitrogen and oxygen atoms in total. The molecule has 1 aromatic carbocycles. The minimum absolute atomic E-state index is 0.0669. The predicted octanol–water partition coefficient (Wildman–Crippen LogP) is 2.47. The molecule has 0 radical (unpaired) electrons. The molecule has 1 aliphatic heterocycles. The monoisotopic (exact) mass is 242 g/mol. The van der Waals surface area contributed by atoms with Crippen LogP contribution in [-0.4, -0.2) is 13.0 Å². The molecule has 0 fully saturated rings. The van der Waals surface area contributed by atoms with Crippen molar-refractivity contribution in [1.29, 1.82) is 0 Å². The van der Waals surface area contributed by atoms with Crippen molar-refractivity contribution < 1.29 is 9.21 Å². The average molecular weight is 242 g/mol. The zero-order valence-corrected chi connectivity index (χ0v) is 10.3. The van der Waals surface area contributed by atoms with Gasteiger partial charge in [-0.05, 0) is 31.2 Å². The second-order valence-electron chi connectivity index (χ2n) is 4.45. The third-order valence-corrected chi connectivity index (χ3v) is 3.21. The fourth-order valence-electron chi connectivity index (χ4n) is 2.27. The molecule has 0 spiro atoms. The van der Waals surface area contributed by atoms with Gasteiger partial charge in [0.05, 0.1) is 11.3 Å². The first-order chi connectivity index (χ1) is 8.66. The summed E-state index contributed by atoms with van der Waals surface area (Å²) in [5, 5.41) is 2.95. The van der Waals surface area contributed by atoms with Crippen LogP contribution in [0, 0.1) is 6.92 Å². The third kappa shape index (κ3) is 1.57. The first-order valence-corrected chi connectivity index (χ1v) is 5.86. The van der Waals surface area contributed by atoms with E-state index in [0.717, 1.165) is 17.2 Å². The van der Waals surface area contributed by atoms with E-state index in [2.05, 4.69) is 5.32 Å². The summed E-state index contributed by atoms with van der Waals surface area (Å²) in [7, 11) is 1.95. The fraction of sp³-hybridized carbons (Fsp3) is 0.214. The highest BCUT2D eigenvalue weighted by atomic mass is 16.3. The van der Waals surface area contributed by atoms with Crippen LogP contribution in [0.15, 0.2) is 40.8 Å². The quantitative estimate of drug-likeness (QED) is 0.835. The Morgan fingerprint density at radius 2 is 2.00 bits per heavy atom. The summed E-state index contributed by atoms with van der Waals surface area (Å²) < 4.78 is 5.60.